The van der Waals surface area contributed by atoms with Gasteiger partial charge in [0.1, 0.15) is 16.9 Å². The number of fused-ring (bicyclic) bond motifs is 1. The van der Waals surface area contributed by atoms with Crippen molar-refractivity contribution >= 4 is 28.2 Å². The summed E-state index contributed by atoms with van der Waals surface area (Å²) in [7, 11) is 1.60. The fraction of sp³-hybridized carbons (Fsp3) is 0.278. The van der Waals surface area contributed by atoms with E-state index in [2.05, 4.69) is 5.32 Å². The van der Waals surface area contributed by atoms with Gasteiger partial charge in [-0.1, -0.05) is 6.07 Å². The van der Waals surface area contributed by atoms with Crippen molar-refractivity contribution in [1.29, 1.82) is 0 Å². The third-order valence-electron chi connectivity index (χ3n) is 3.90. The van der Waals surface area contributed by atoms with Gasteiger partial charge in [0.25, 0.3) is 0 Å². The monoisotopic (exact) mass is 345 g/mol. The van der Waals surface area contributed by atoms with Gasteiger partial charge in [-0.05, 0) is 30.5 Å². The van der Waals surface area contributed by atoms with Crippen molar-refractivity contribution in [2.75, 3.05) is 13.7 Å². The van der Waals surface area contributed by atoms with Crippen LogP contribution in [0.1, 0.15) is 17.4 Å². The van der Waals surface area contributed by atoms with Gasteiger partial charge in [0.05, 0.1) is 26.3 Å². The standard InChI is InChI=1S/C18H19NO4S/c1-18(21,16-4-3-7-24-16)11-19-17(20)8-12-10-23-15-9-13(22-2)5-6-14(12)15/h3-7,9-10,21H,8,11H2,1-2H3,(H,19,20). The van der Waals surface area contributed by atoms with E-state index < -0.39 is 5.60 Å². The fourth-order valence-electron chi connectivity index (χ4n) is 2.51. The third-order valence-corrected chi connectivity index (χ3v) is 5.02. The Kier molecular flexibility index (Phi) is 4.59. The Hall–Kier alpha value is -2.31. The number of thiophene rings is 1. The van der Waals surface area contributed by atoms with E-state index in [9.17, 15) is 9.90 Å². The molecule has 24 heavy (non-hydrogen) atoms. The maximum absolute atomic E-state index is 12.2. The minimum atomic E-state index is -1.07. The van der Waals surface area contributed by atoms with Crippen molar-refractivity contribution in [3.8, 4) is 5.75 Å². The summed E-state index contributed by atoms with van der Waals surface area (Å²) in [5.74, 6) is 0.546. The fourth-order valence-corrected chi connectivity index (χ4v) is 3.29. The van der Waals surface area contributed by atoms with Crippen molar-refractivity contribution in [3.63, 3.8) is 0 Å². The zero-order valence-electron chi connectivity index (χ0n) is 13.5. The van der Waals surface area contributed by atoms with Crippen molar-refractivity contribution in [2.45, 2.75) is 18.9 Å². The summed E-state index contributed by atoms with van der Waals surface area (Å²) in [6.07, 6.45) is 1.78. The molecule has 1 aromatic carbocycles. The van der Waals surface area contributed by atoms with Gasteiger partial charge in [0, 0.05) is 21.9 Å². The normalized spacial score (nSPS) is 13.6. The van der Waals surface area contributed by atoms with Gasteiger partial charge < -0.3 is 19.6 Å². The molecule has 0 aliphatic rings. The number of nitrogens with one attached hydrogen (secondary N) is 1. The molecule has 1 amide bonds. The molecule has 2 aromatic heterocycles. The Labute approximate surface area is 143 Å². The first-order chi connectivity index (χ1) is 11.5. The van der Waals surface area contributed by atoms with Crippen LogP contribution < -0.4 is 10.1 Å². The summed E-state index contributed by atoms with van der Waals surface area (Å²) in [5.41, 5.74) is 0.416. The molecule has 0 bridgehead atoms. The van der Waals surface area contributed by atoms with Crippen LogP contribution in [0.2, 0.25) is 0 Å². The molecule has 5 nitrogen and oxygen atoms in total. The lowest BCUT2D eigenvalue weighted by molar-refractivity contribution is -0.121. The second-order valence-electron chi connectivity index (χ2n) is 5.83. The second kappa shape index (κ2) is 6.67. The minimum absolute atomic E-state index is 0.162. The molecule has 0 saturated carbocycles. The molecular weight excluding hydrogens is 326 g/mol. The number of carbonyl (C=O) groups excluding carboxylic acids is 1. The molecule has 6 heteroatoms. The molecule has 3 aromatic rings. The van der Waals surface area contributed by atoms with E-state index in [4.69, 9.17) is 9.15 Å². The summed E-state index contributed by atoms with van der Waals surface area (Å²) < 4.78 is 10.6. The number of amides is 1. The van der Waals surface area contributed by atoms with Crippen LogP contribution in [-0.4, -0.2) is 24.7 Å². The lowest BCUT2D eigenvalue weighted by Crippen LogP contribution is -2.38. The first-order valence-corrected chi connectivity index (χ1v) is 8.45. The molecule has 2 heterocycles. The minimum Gasteiger partial charge on any atom is -0.497 e. The average molecular weight is 345 g/mol. The lowest BCUT2D eigenvalue weighted by Gasteiger charge is -2.22. The number of hydrogen-bond donors (Lipinski definition) is 2. The maximum atomic E-state index is 12.2. The van der Waals surface area contributed by atoms with Crippen molar-refractivity contribution in [2.24, 2.45) is 0 Å². The Balaban J connectivity index is 1.65. The highest BCUT2D eigenvalue weighted by molar-refractivity contribution is 7.10. The molecule has 0 aliphatic heterocycles. The van der Waals surface area contributed by atoms with Crippen LogP contribution in [0.5, 0.6) is 5.75 Å². The Morgan fingerprint density at radius 2 is 2.25 bits per heavy atom. The van der Waals surface area contributed by atoms with Crippen LogP contribution in [-0.2, 0) is 16.8 Å². The van der Waals surface area contributed by atoms with E-state index in [0.717, 1.165) is 15.8 Å². The van der Waals surface area contributed by atoms with Gasteiger partial charge >= 0.3 is 0 Å². The van der Waals surface area contributed by atoms with E-state index in [1.54, 1.807) is 26.4 Å². The van der Waals surface area contributed by atoms with Crippen LogP contribution in [0.4, 0.5) is 0 Å². The number of carbonyl (C=O) groups is 1. The van der Waals surface area contributed by atoms with Crippen molar-refractivity contribution < 1.29 is 19.1 Å². The molecule has 2 N–H and O–H groups in total. The lowest BCUT2D eigenvalue weighted by atomic mass is 10.0. The van der Waals surface area contributed by atoms with Gasteiger partial charge in [-0.15, -0.1) is 11.3 Å². The Bertz CT molecular complexity index is 836. The van der Waals surface area contributed by atoms with Gasteiger partial charge in [0.2, 0.25) is 5.91 Å². The smallest absolute Gasteiger partial charge is 0.224 e. The molecule has 126 valence electrons. The number of ether oxygens (including phenoxy) is 1. The predicted octanol–water partition coefficient (Wildman–Crippen LogP) is 3.07. The molecule has 1 unspecified atom stereocenters. The quantitative estimate of drug-likeness (QED) is 0.720. The molecule has 0 saturated heterocycles. The number of hydrogen-bond acceptors (Lipinski definition) is 5. The zero-order valence-corrected chi connectivity index (χ0v) is 14.4. The third kappa shape index (κ3) is 3.44. The molecule has 0 spiro atoms. The summed E-state index contributed by atoms with van der Waals surface area (Å²) in [6.45, 7) is 1.86. The number of aliphatic hydroxyl groups is 1. The molecule has 1 atom stereocenters. The number of benzene rings is 1. The SMILES string of the molecule is COc1ccc2c(CC(=O)NCC(C)(O)c3cccs3)coc2c1. The second-order valence-corrected chi connectivity index (χ2v) is 6.78. The molecule has 0 aliphatic carbocycles. The number of methoxy groups -OCH3 is 1. The van der Waals surface area contributed by atoms with E-state index in [0.29, 0.717) is 11.3 Å². The topological polar surface area (TPSA) is 71.7 Å². The Morgan fingerprint density at radius 3 is 2.96 bits per heavy atom. The zero-order chi connectivity index (χ0) is 17.2. The maximum Gasteiger partial charge on any atom is 0.224 e. The highest BCUT2D eigenvalue weighted by atomic mass is 32.1. The first-order valence-electron chi connectivity index (χ1n) is 7.57. The molecule has 3 rings (SSSR count). The van der Waals surface area contributed by atoms with Crippen molar-refractivity contribution in [3.05, 3.63) is 52.4 Å². The predicted molar refractivity (Wildman–Crippen MR) is 93.4 cm³/mol. The van der Waals surface area contributed by atoms with Crippen molar-refractivity contribution in [1.82, 2.24) is 5.32 Å². The van der Waals surface area contributed by atoms with Gasteiger partial charge in [-0.25, -0.2) is 0 Å². The molecular formula is C18H19NO4S. The highest BCUT2D eigenvalue weighted by Crippen LogP contribution is 2.26. The summed E-state index contributed by atoms with van der Waals surface area (Å²) in [5, 5.41) is 16.0. The molecule has 0 radical (unpaired) electrons. The highest BCUT2D eigenvalue weighted by Gasteiger charge is 2.25. The molecule has 0 fully saturated rings. The van der Waals surface area contributed by atoms with E-state index >= 15 is 0 Å². The van der Waals surface area contributed by atoms with Gasteiger partial charge in [0.15, 0.2) is 0 Å². The summed E-state index contributed by atoms with van der Waals surface area (Å²) in [6, 6.07) is 9.23. The number of furan rings is 1. The summed E-state index contributed by atoms with van der Waals surface area (Å²) in [4.78, 5) is 13.0. The van der Waals surface area contributed by atoms with E-state index in [-0.39, 0.29) is 18.9 Å². The largest absolute Gasteiger partial charge is 0.497 e. The van der Waals surface area contributed by atoms with Gasteiger partial charge in [-0.3, -0.25) is 4.79 Å². The summed E-state index contributed by atoms with van der Waals surface area (Å²) >= 11 is 1.46. The van der Waals surface area contributed by atoms with Crippen LogP contribution in [0.3, 0.4) is 0 Å². The van der Waals surface area contributed by atoms with Crippen LogP contribution in [0, 0.1) is 0 Å². The van der Waals surface area contributed by atoms with E-state index in [1.807, 2.05) is 29.6 Å². The van der Waals surface area contributed by atoms with Crippen LogP contribution >= 0.6 is 11.3 Å². The Morgan fingerprint density at radius 1 is 1.42 bits per heavy atom. The number of rotatable bonds is 6. The first kappa shape index (κ1) is 16.5. The van der Waals surface area contributed by atoms with Crippen LogP contribution in [0.25, 0.3) is 11.0 Å². The van der Waals surface area contributed by atoms with Gasteiger partial charge in [-0.2, -0.15) is 0 Å². The average Bonchev–Trinajstić information content (AvgIpc) is 3.23. The van der Waals surface area contributed by atoms with E-state index in [1.165, 1.54) is 11.3 Å². The van der Waals surface area contributed by atoms with Crippen LogP contribution in [0.15, 0.2) is 46.4 Å².